The van der Waals surface area contributed by atoms with Gasteiger partial charge in [-0.15, -0.1) is 0 Å². The van der Waals surface area contributed by atoms with E-state index < -0.39 is 0 Å². The van der Waals surface area contributed by atoms with Gasteiger partial charge in [0.05, 0.1) is 6.10 Å². The maximum absolute atomic E-state index is 6.24. The Balaban J connectivity index is 1.30. The molecule has 0 heterocycles. The summed E-state index contributed by atoms with van der Waals surface area (Å²) < 4.78 is 6.14. The molecule has 0 aromatic heterocycles. The van der Waals surface area contributed by atoms with E-state index in [0.29, 0.717) is 22.9 Å². The van der Waals surface area contributed by atoms with E-state index in [9.17, 15) is 0 Å². The molecule has 0 amide bonds. The molecule has 3 saturated carbocycles. The molecule has 0 aliphatic heterocycles. The summed E-state index contributed by atoms with van der Waals surface area (Å²) in [6.45, 7) is 7.79. The average molecular weight is 720 g/mol. The first kappa shape index (κ1) is 26.5. The number of halogens is 2. The molecule has 0 spiro atoms. The summed E-state index contributed by atoms with van der Waals surface area (Å²) in [4.78, 5) is 0. The molecule has 0 radical (unpaired) electrons. The molecule has 5 rings (SSSR count). The predicted molar refractivity (Wildman–Crippen MR) is 167 cm³/mol. The Kier molecular flexibility index (Phi) is 8.53. The number of hydrogen-bond donors (Lipinski definition) is 0. The van der Waals surface area contributed by atoms with Gasteiger partial charge in [0.15, 0.2) is 0 Å². The molecule has 3 fully saturated rings. The Labute approximate surface area is 238 Å². The summed E-state index contributed by atoms with van der Waals surface area (Å²) in [5, 5.41) is 0. The lowest BCUT2D eigenvalue weighted by atomic mass is 9.47. The third-order valence-corrected chi connectivity index (χ3v) is 14.4. The first-order valence-corrected chi connectivity index (χ1v) is 21.4. The van der Waals surface area contributed by atoms with E-state index in [0.717, 1.165) is 23.7 Å². The number of rotatable bonds is 6. The zero-order valence-corrected chi connectivity index (χ0v) is 26.8. The minimum atomic E-state index is -0.0981. The minimum Gasteiger partial charge on any atom is -0.306 e. The van der Waals surface area contributed by atoms with Crippen molar-refractivity contribution in [1.82, 2.24) is 0 Å². The Morgan fingerprint density at radius 3 is 2.62 bits per heavy atom. The van der Waals surface area contributed by atoms with Gasteiger partial charge >= 0.3 is 0 Å². The summed E-state index contributed by atoms with van der Waals surface area (Å²) in [6, 6.07) is 10.8. The topological polar surface area (TPSA) is 9.23 Å². The highest BCUT2D eigenvalue weighted by atomic mass is 127. The average Bonchev–Trinajstić information content (AvgIpc) is 3.19. The minimum absolute atomic E-state index is 0.0981. The molecule has 5 heteroatoms. The third kappa shape index (κ3) is 5.12. The molecule has 186 valence electrons. The van der Waals surface area contributed by atoms with E-state index >= 15 is 0 Å². The molecular formula is C29H39I2OPS. The molecular weight excluding hydrogens is 681 g/mol. The van der Waals surface area contributed by atoms with E-state index in [-0.39, 0.29) is 2.41 Å². The van der Waals surface area contributed by atoms with Crippen LogP contribution in [-0.2, 0) is 4.18 Å². The van der Waals surface area contributed by atoms with Crippen molar-refractivity contribution >= 4 is 64.2 Å². The first-order chi connectivity index (χ1) is 16.3. The lowest BCUT2D eigenvalue weighted by Gasteiger charge is -2.58. The molecule has 34 heavy (non-hydrogen) atoms. The van der Waals surface area contributed by atoms with Crippen LogP contribution in [0.5, 0.6) is 0 Å². The summed E-state index contributed by atoms with van der Waals surface area (Å²) in [7, 11) is 0. The van der Waals surface area contributed by atoms with Gasteiger partial charge in [-0.1, -0.05) is 74.9 Å². The zero-order valence-electron chi connectivity index (χ0n) is 20.8. The van der Waals surface area contributed by atoms with Crippen LogP contribution in [0.25, 0.3) is 6.08 Å². The highest BCUT2D eigenvalue weighted by molar-refractivity contribution is 14.3. The number of allylic oxidation sites excluding steroid dienone is 2. The van der Waals surface area contributed by atoms with Crippen LogP contribution in [0.15, 0.2) is 48.1 Å². The quantitative estimate of drug-likeness (QED) is 0.125. The highest BCUT2D eigenvalue weighted by Crippen LogP contribution is 2.68. The zero-order chi connectivity index (χ0) is 23.9. The van der Waals surface area contributed by atoms with E-state index in [1.807, 2.05) is 0 Å². The molecule has 4 aliphatic rings. The SMILES string of the molecule is C[C@H](/C=C/c1ccccc1)C1CCC2[C@@H]3CC=C4C[C@@H](OSP(I)I)CC[C@]4(C)C3CC[C@@]21C. The molecule has 0 N–H and O–H groups in total. The van der Waals surface area contributed by atoms with Gasteiger partial charge < -0.3 is 4.18 Å². The molecule has 1 aromatic rings. The first-order valence-electron chi connectivity index (χ1n) is 13.2. The fourth-order valence-electron chi connectivity index (χ4n) is 8.67. The van der Waals surface area contributed by atoms with Crippen molar-refractivity contribution < 1.29 is 4.18 Å². The van der Waals surface area contributed by atoms with Crippen LogP contribution < -0.4 is 0 Å². The Morgan fingerprint density at radius 1 is 1.06 bits per heavy atom. The number of fused-ring (bicyclic) bond motifs is 5. The second-order valence-electron chi connectivity index (χ2n) is 11.9. The van der Waals surface area contributed by atoms with Gasteiger partial charge in [0, 0.05) is 11.7 Å². The fraction of sp³-hybridized carbons (Fsp3) is 0.655. The number of hydrogen-bond acceptors (Lipinski definition) is 2. The summed E-state index contributed by atoms with van der Waals surface area (Å²) in [6.07, 6.45) is 18.8. The van der Waals surface area contributed by atoms with E-state index in [4.69, 9.17) is 4.18 Å². The Bertz CT molecular complexity index is 920. The van der Waals surface area contributed by atoms with E-state index in [1.165, 1.54) is 56.9 Å². The third-order valence-electron chi connectivity index (χ3n) is 10.4. The standard InChI is InChI=1S/C29H39I2OPS/c1-20(9-10-21-7-5-4-6-8-21)25-13-14-26-24-12-11-22-19-23(32-34-33(30)31)15-17-28(22,2)27(24)16-18-29(25,26)3/h4-11,20,23-27H,12-19H2,1-3H3/b10-9+/t20-,23+,24+,25?,26?,27?,28+,29-/m1/s1. The van der Waals surface area contributed by atoms with E-state index in [2.05, 4.69) is 113 Å². The van der Waals surface area contributed by atoms with Gasteiger partial charge in [0.1, 0.15) is 2.41 Å². The van der Waals surface area contributed by atoms with Crippen LogP contribution in [0.1, 0.15) is 77.7 Å². The van der Waals surface area contributed by atoms with Crippen LogP contribution in [0.4, 0.5) is 0 Å². The maximum Gasteiger partial charge on any atom is 0.113 e. The maximum atomic E-state index is 6.24. The Hall–Kier alpha value is 0.900. The van der Waals surface area contributed by atoms with Gasteiger partial charge in [0.25, 0.3) is 0 Å². The molecule has 3 unspecified atom stereocenters. The largest absolute Gasteiger partial charge is 0.306 e. The van der Waals surface area contributed by atoms with Crippen LogP contribution in [-0.4, -0.2) is 6.10 Å². The highest BCUT2D eigenvalue weighted by Gasteiger charge is 2.59. The van der Waals surface area contributed by atoms with Gasteiger partial charge in [-0.2, -0.15) is 0 Å². The van der Waals surface area contributed by atoms with Crippen LogP contribution in [0.3, 0.4) is 0 Å². The normalized spacial score (nSPS) is 40.5. The fourth-order valence-corrected chi connectivity index (χ4v) is 11.3. The second kappa shape index (κ2) is 10.9. The van der Waals surface area contributed by atoms with Gasteiger partial charge in [-0.05, 0) is 141 Å². The van der Waals surface area contributed by atoms with Crippen LogP contribution in [0, 0.1) is 40.4 Å². The predicted octanol–water partition coefficient (Wildman–Crippen LogP) is 11.0. The summed E-state index contributed by atoms with van der Waals surface area (Å²) in [5.74, 6) is 4.17. The summed E-state index contributed by atoms with van der Waals surface area (Å²) >= 11 is 6.73. The molecule has 1 aromatic carbocycles. The molecule has 4 aliphatic carbocycles. The van der Waals surface area contributed by atoms with Crippen molar-refractivity contribution in [3.05, 3.63) is 53.6 Å². The van der Waals surface area contributed by atoms with Crippen LogP contribution >= 0.6 is 58.2 Å². The lowest BCUT2D eigenvalue weighted by molar-refractivity contribution is -0.0516. The summed E-state index contributed by atoms with van der Waals surface area (Å²) in [5.41, 5.74) is 4.01. The molecule has 1 nitrogen and oxygen atoms in total. The smallest absolute Gasteiger partial charge is 0.113 e. The Morgan fingerprint density at radius 2 is 1.85 bits per heavy atom. The van der Waals surface area contributed by atoms with Crippen molar-refractivity contribution in [2.75, 3.05) is 0 Å². The second-order valence-corrected chi connectivity index (χ2v) is 29.4. The van der Waals surface area contributed by atoms with Crippen molar-refractivity contribution in [1.29, 1.82) is 0 Å². The van der Waals surface area contributed by atoms with Crippen LogP contribution in [0.2, 0.25) is 0 Å². The molecule has 8 atom stereocenters. The molecule has 0 bridgehead atoms. The van der Waals surface area contributed by atoms with E-state index in [1.54, 1.807) is 17.2 Å². The van der Waals surface area contributed by atoms with Gasteiger partial charge in [-0.25, -0.2) is 0 Å². The van der Waals surface area contributed by atoms with Gasteiger partial charge in [0.2, 0.25) is 0 Å². The van der Waals surface area contributed by atoms with Crippen molar-refractivity contribution in [3.8, 4) is 0 Å². The van der Waals surface area contributed by atoms with Crippen molar-refractivity contribution in [3.63, 3.8) is 0 Å². The van der Waals surface area contributed by atoms with Crippen molar-refractivity contribution in [2.45, 2.75) is 78.2 Å². The monoisotopic (exact) mass is 720 g/mol. The van der Waals surface area contributed by atoms with Crippen molar-refractivity contribution in [2.24, 2.45) is 40.4 Å². The van der Waals surface area contributed by atoms with Gasteiger partial charge in [-0.3, -0.25) is 0 Å². The molecule has 0 saturated heterocycles. The lowest BCUT2D eigenvalue weighted by Crippen LogP contribution is -2.50. The number of benzene rings is 1.